The molecule has 100 valence electrons. The van der Waals surface area contributed by atoms with Crippen molar-refractivity contribution < 1.29 is 17.9 Å². The number of halogens is 1. The maximum Gasteiger partial charge on any atom is 0.264 e. The van der Waals surface area contributed by atoms with Crippen LogP contribution in [0.1, 0.15) is 5.56 Å². The van der Waals surface area contributed by atoms with E-state index in [2.05, 4.69) is 4.72 Å². The molecule has 0 amide bonds. The van der Waals surface area contributed by atoms with Crippen molar-refractivity contribution in [3.05, 3.63) is 53.8 Å². The first-order chi connectivity index (χ1) is 8.90. The van der Waals surface area contributed by atoms with Gasteiger partial charge in [-0.2, -0.15) is 0 Å². The Hall–Kier alpha value is -2.08. The lowest BCUT2D eigenvalue weighted by Gasteiger charge is -2.10. The maximum atomic E-state index is 13.5. The van der Waals surface area contributed by atoms with Gasteiger partial charge >= 0.3 is 0 Å². The Labute approximate surface area is 110 Å². The van der Waals surface area contributed by atoms with Crippen LogP contribution >= 0.6 is 0 Å². The fourth-order valence-electron chi connectivity index (χ4n) is 1.59. The molecule has 0 aliphatic heterocycles. The molecule has 0 unspecified atom stereocenters. The Bertz CT molecular complexity index is 714. The zero-order valence-electron chi connectivity index (χ0n) is 10.1. The molecule has 0 aliphatic carbocycles. The van der Waals surface area contributed by atoms with Crippen LogP contribution in [0.3, 0.4) is 0 Å². The third kappa shape index (κ3) is 2.85. The largest absolute Gasteiger partial charge is 0.506 e. The van der Waals surface area contributed by atoms with Gasteiger partial charge in [-0.15, -0.1) is 0 Å². The minimum absolute atomic E-state index is 0.00820. The summed E-state index contributed by atoms with van der Waals surface area (Å²) in [4.78, 5) is -0.463. The molecule has 0 saturated heterocycles. The predicted octanol–water partition coefficient (Wildman–Crippen LogP) is 2.64. The molecule has 2 aromatic carbocycles. The predicted molar refractivity (Wildman–Crippen MR) is 70.1 cm³/mol. The fourth-order valence-corrected chi connectivity index (χ4v) is 2.74. The van der Waals surface area contributed by atoms with Gasteiger partial charge in [-0.05, 0) is 36.8 Å². The quantitative estimate of drug-likeness (QED) is 0.850. The molecule has 0 spiro atoms. The van der Waals surface area contributed by atoms with E-state index in [9.17, 15) is 17.9 Å². The monoisotopic (exact) mass is 281 g/mol. The molecule has 6 heteroatoms. The second-order valence-electron chi connectivity index (χ2n) is 4.06. The molecule has 0 aromatic heterocycles. The number of aryl methyl sites for hydroxylation is 1. The topological polar surface area (TPSA) is 66.4 Å². The zero-order chi connectivity index (χ0) is 14.0. The summed E-state index contributed by atoms with van der Waals surface area (Å²) in [6, 6.07) is 9.51. The van der Waals surface area contributed by atoms with Crippen LogP contribution in [0.2, 0.25) is 0 Å². The number of nitrogens with one attached hydrogen (secondary N) is 1. The maximum absolute atomic E-state index is 13.5. The van der Waals surface area contributed by atoms with E-state index in [0.29, 0.717) is 0 Å². The molecule has 2 N–H and O–H groups in total. The second-order valence-corrected chi connectivity index (χ2v) is 5.71. The Kier molecular flexibility index (Phi) is 3.44. The van der Waals surface area contributed by atoms with Crippen molar-refractivity contribution in [3.8, 4) is 5.75 Å². The molecule has 0 radical (unpaired) electrons. The highest BCUT2D eigenvalue weighted by molar-refractivity contribution is 7.92. The van der Waals surface area contributed by atoms with E-state index in [1.54, 1.807) is 13.0 Å². The first kappa shape index (κ1) is 13.4. The van der Waals surface area contributed by atoms with Gasteiger partial charge < -0.3 is 5.11 Å². The number of phenols is 1. The van der Waals surface area contributed by atoms with E-state index in [1.165, 1.54) is 24.3 Å². The summed E-state index contributed by atoms with van der Waals surface area (Å²) >= 11 is 0. The highest BCUT2D eigenvalue weighted by Crippen LogP contribution is 2.27. The number of benzene rings is 2. The molecule has 0 atom stereocenters. The molecule has 0 heterocycles. The lowest BCUT2D eigenvalue weighted by atomic mass is 10.2. The highest BCUT2D eigenvalue weighted by Gasteiger charge is 2.19. The molecule has 2 aromatic rings. The normalized spacial score (nSPS) is 11.3. The summed E-state index contributed by atoms with van der Waals surface area (Å²) in [5.41, 5.74) is 0.792. The van der Waals surface area contributed by atoms with E-state index in [-0.39, 0.29) is 11.4 Å². The first-order valence-electron chi connectivity index (χ1n) is 5.47. The minimum Gasteiger partial charge on any atom is -0.506 e. The van der Waals surface area contributed by atoms with E-state index in [1.807, 2.05) is 0 Å². The van der Waals surface area contributed by atoms with Crippen molar-refractivity contribution in [2.75, 3.05) is 4.72 Å². The number of hydrogen-bond acceptors (Lipinski definition) is 3. The Balaban J connectivity index is 2.40. The molecular formula is C13H12FNO3S. The van der Waals surface area contributed by atoms with Crippen LogP contribution in [0.15, 0.2) is 47.4 Å². The van der Waals surface area contributed by atoms with Crippen LogP contribution in [0, 0.1) is 12.7 Å². The number of rotatable bonds is 3. The van der Waals surface area contributed by atoms with Crippen molar-refractivity contribution >= 4 is 15.7 Å². The van der Waals surface area contributed by atoms with Gasteiger partial charge in [0.05, 0.1) is 5.69 Å². The minimum atomic E-state index is -4.06. The van der Waals surface area contributed by atoms with Gasteiger partial charge in [0.25, 0.3) is 10.0 Å². The summed E-state index contributed by atoms with van der Waals surface area (Å²) < 4.78 is 39.6. The van der Waals surface area contributed by atoms with Crippen LogP contribution in [0.4, 0.5) is 10.1 Å². The Morgan fingerprint density at radius 1 is 1.16 bits per heavy atom. The molecule has 0 aliphatic rings. The van der Waals surface area contributed by atoms with Gasteiger partial charge in [0.1, 0.15) is 16.5 Å². The summed E-state index contributed by atoms with van der Waals surface area (Å²) in [6.07, 6.45) is 0. The number of phenolic OH excluding ortho intramolecular Hbond substituents is 1. The van der Waals surface area contributed by atoms with Crippen LogP contribution < -0.4 is 4.72 Å². The van der Waals surface area contributed by atoms with E-state index < -0.39 is 20.7 Å². The van der Waals surface area contributed by atoms with Gasteiger partial charge in [-0.3, -0.25) is 4.72 Å². The van der Waals surface area contributed by atoms with E-state index in [4.69, 9.17) is 0 Å². The van der Waals surface area contributed by atoms with Crippen LogP contribution in [-0.2, 0) is 10.0 Å². The van der Waals surface area contributed by atoms with Gasteiger partial charge in [-0.1, -0.05) is 18.2 Å². The Morgan fingerprint density at radius 2 is 1.84 bits per heavy atom. The van der Waals surface area contributed by atoms with Crippen molar-refractivity contribution in [2.24, 2.45) is 0 Å². The molecular weight excluding hydrogens is 269 g/mol. The number of aromatic hydroxyl groups is 1. The SMILES string of the molecule is Cc1ccc(NS(=O)(=O)c2ccccc2F)c(O)c1. The van der Waals surface area contributed by atoms with Crippen molar-refractivity contribution in [1.82, 2.24) is 0 Å². The van der Waals surface area contributed by atoms with E-state index >= 15 is 0 Å². The summed E-state index contributed by atoms with van der Waals surface area (Å²) in [5, 5.41) is 9.65. The lowest BCUT2D eigenvalue weighted by molar-refractivity contribution is 0.477. The zero-order valence-corrected chi connectivity index (χ0v) is 10.9. The average molecular weight is 281 g/mol. The van der Waals surface area contributed by atoms with Crippen molar-refractivity contribution in [2.45, 2.75) is 11.8 Å². The van der Waals surface area contributed by atoms with Gasteiger partial charge in [0, 0.05) is 0 Å². The third-order valence-corrected chi connectivity index (χ3v) is 3.92. The smallest absolute Gasteiger partial charge is 0.264 e. The third-order valence-electron chi connectivity index (χ3n) is 2.52. The summed E-state index contributed by atoms with van der Waals surface area (Å²) in [6.45, 7) is 1.76. The van der Waals surface area contributed by atoms with Gasteiger partial charge in [0.2, 0.25) is 0 Å². The number of hydrogen-bond donors (Lipinski definition) is 2. The van der Waals surface area contributed by atoms with Crippen molar-refractivity contribution in [1.29, 1.82) is 0 Å². The highest BCUT2D eigenvalue weighted by atomic mass is 32.2. The lowest BCUT2D eigenvalue weighted by Crippen LogP contribution is -2.14. The first-order valence-corrected chi connectivity index (χ1v) is 6.95. The number of sulfonamides is 1. The molecule has 0 saturated carbocycles. The standard InChI is InChI=1S/C13H12FNO3S/c1-9-6-7-11(12(16)8-9)15-19(17,18)13-5-3-2-4-10(13)14/h2-8,15-16H,1H3. The van der Waals surface area contributed by atoms with Crippen molar-refractivity contribution in [3.63, 3.8) is 0 Å². The molecule has 0 bridgehead atoms. The van der Waals surface area contributed by atoms with Crippen LogP contribution in [0.5, 0.6) is 5.75 Å². The molecule has 4 nitrogen and oxygen atoms in total. The van der Waals surface area contributed by atoms with Gasteiger partial charge in [-0.25, -0.2) is 12.8 Å². The fraction of sp³-hybridized carbons (Fsp3) is 0.0769. The second kappa shape index (κ2) is 4.89. The molecule has 0 fully saturated rings. The Morgan fingerprint density at radius 3 is 2.47 bits per heavy atom. The molecule has 2 rings (SSSR count). The summed E-state index contributed by atoms with van der Waals surface area (Å²) in [5.74, 6) is -1.05. The van der Waals surface area contributed by atoms with Gasteiger partial charge in [0.15, 0.2) is 0 Å². The molecule has 19 heavy (non-hydrogen) atoms. The average Bonchev–Trinajstić information content (AvgIpc) is 2.33. The van der Waals surface area contributed by atoms with Crippen LogP contribution in [0.25, 0.3) is 0 Å². The van der Waals surface area contributed by atoms with Crippen LogP contribution in [-0.4, -0.2) is 13.5 Å². The number of anilines is 1. The van der Waals surface area contributed by atoms with E-state index in [0.717, 1.165) is 17.7 Å². The summed E-state index contributed by atoms with van der Waals surface area (Å²) in [7, 11) is -4.06.